The largest absolute Gasteiger partial charge is 0.404 e. The lowest BCUT2D eigenvalue weighted by molar-refractivity contribution is -0.141. The van der Waals surface area contributed by atoms with E-state index in [1.165, 1.54) is 10.4 Å². The normalized spacial score (nSPS) is 20.1. The van der Waals surface area contributed by atoms with Gasteiger partial charge in [0, 0.05) is 12.8 Å². The summed E-state index contributed by atoms with van der Waals surface area (Å²) in [6, 6.07) is 21.0. The van der Waals surface area contributed by atoms with E-state index in [1.807, 2.05) is 26.0 Å². The molecule has 5 heteroatoms. The highest BCUT2D eigenvalue weighted by molar-refractivity contribution is 6.99. The summed E-state index contributed by atoms with van der Waals surface area (Å²) >= 11 is 0. The van der Waals surface area contributed by atoms with Crippen molar-refractivity contribution in [2.75, 3.05) is 6.61 Å². The summed E-state index contributed by atoms with van der Waals surface area (Å²) in [5.74, 6) is -0.589. The molecule has 1 fully saturated rings. The lowest BCUT2D eigenvalue weighted by Gasteiger charge is -2.45. The topological polar surface area (TPSA) is 44.8 Å². The molecule has 2 atom stereocenters. The van der Waals surface area contributed by atoms with E-state index < -0.39 is 14.1 Å². The van der Waals surface area contributed by atoms with Crippen molar-refractivity contribution in [3.05, 3.63) is 60.7 Å². The number of hydrogen-bond acceptors (Lipinski definition) is 4. The van der Waals surface area contributed by atoms with Crippen molar-refractivity contribution in [2.45, 2.75) is 70.5 Å². The van der Waals surface area contributed by atoms with Crippen molar-refractivity contribution in [2.24, 2.45) is 0 Å². The Morgan fingerprint density at radius 3 is 2.00 bits per heavy atom. The molecule has 1 saturated heterocycles. The maximum absolute atomic E-state index is 11.6. The Hall–Kier alpha value is -1.79. The van der Waals surface area contributed by atoms with Gasteiger partial charge in [-0.3, -0.25) is 0 Å². The van der Waals surface area contributed by atoms with E-state index in [-0.39, 0.29) is 17.2 Å². The molecule has 0 radical (unpaired) electrons. The van der Waals surface area contributed by atoms with E-state index in [0.29, 0.717) is 19.4 Å². The third kappa shape index (κ3) is 4.91. The van der Waals surface area contributed by atoms with Crippen LogP contribution < -0.4 is 10.4 Å². The van der Waals surface area contributed by atoms with Gasteiger partial charge in [0.2, 0.25) is 0 Å². The first-order valence-electron chi connectivity index (χ1n) is 10.7. The number of rotatable bonds is 8. The van der Waals surface area contributed by atoms with Crippen molar-refractivity contribution in [3.8, 4) is 0 Å². The highest BCUT2D eigenvalue weighted by Crippen LogP contribution is 2.38. The van der Waals surface area contributed by atoms with E-state index in [0.717, 1.165) is 6.29 Å². The van der Waals surface area contributed by atoms with Gasteiger partial charge in [0.1, 0.15) is 6.29 Å². The van der Waals surface area contributed by atoms with Gasteiger partial charge in [-0.1, -0.05) is 81.4 Å². The third-order valence-electron chi connectivity index (χ3n) is 5.71. The van der Waals surface area contributed by atoms with Gasteiger partial charge in [0.05, 0.1) is 18.8 Å². The molecular formula is C25H34O4Si. The first-order valence-corrected chi connectivity index (χ1v) is 12.6. The highest BCUT2D eigenvalue weighted by Gasteiger charge is 2.51. The summed E-state index contributed by atoms with van der Waals surface area (Å²) in [6.07, 6.45) is 1.61. The quantitative estimate of drug-likeness (QED) is 0.472. The van der Waals surface area contributed by atoms with Crippen molar-refractivity contribution in [1.82, 2.24) is 0 Å². The van der Waals surface area contributed by atoms with Gasteiger partial charge in [-0.2, -0.15) is 0 Å². The number of carbonyl (C=O) groups excluding carboxylic acids is 1. The monoisotopic (exact) mass is 426 g/mol. The van der Waals surface area contributed by atoms with Gasteiger partial charge in [0.15, 0.2) is 5.79 Å². The molecule has 2 aromatic carbocycles. The van der Waals surface area contributed by atoms with Crippen LogP contribution in [0.5, 0.6) is 0 Å². The zero-order chi connectivity index (χ0) is 21.8. The smallest absolute Gasteiger partial charge is 0.261 e. The molecule has 2 aromatic rings. The summed E-state index contributed by atoms with van der Waals surface area (Å²) in [5, 5.41) is 2.29. The van der Waals surface area contributed by atoms with Crippen LogP contribution in [0.25, 0.3) is 0 Å². The predicted molar refractivity (Wildman–Crippen MR) is 123 cm³/mol. The van der Waals surface area contributed by atoms with E-state index in [9.17, 15) is 4.79 Å². The molecule has 4 nitrogen and oxygen atoms in total. The Balaban J connectivity index is 2.03. The Kier molecular flexibility index (Phi) is 6.97. The fourth-order valence-corrected chi connectivity index (χ4v) is 9.12. The van der Waals surface area contributed by atoms with E-state index in [4.69, 9.17) is 13.9 Å². The minimum absolute atomic E-state index is 0.0804. The molecule has 30 heavy (non-hydrogen) atoms. The standard InChI is InChI=1S/C25H34O4Si/c1-24(2,3)30(22-12-8-6-9-13-22,23-14-10-7-11-15-23)29-20(16-17-26)18-21-19-27-25(4,5)28-21/h6-15,17,20-21H,16,18-19H2,1-5H3/t20-,21-/m0/s1. The van der Waals surface area contributed by atoms with Crippen molar-refractivity contribution < 1.29 is 18.7 Å². The molecule has 1 heterocycles. The maximum atomic E-state index is 11.6. The molecule has 0 aliphatic carbocycles. The van der Waals surface area contributed by atoms with Crippen LogP contribution in [0.15, 0.2) is 60.7 Å². The van der Waals surface area contributed by atoms with Crippen LogP contribution in [0.1, 0.15) is 47.5 Å². The molecule has 1 aliphatic rings. The second-order valence-corrected chi connectivity index (χ2v) is 13.7. The number of aldehydes is 1. The van der Waals surface area contributed by atoms with Crippen LogP contribution in [0.4, 0.5) is 0 Å². The number of carbonyl (C=O) groups is 1. The molecule has 0 saturated carbocycles. The Labute approximate surface area is 181 Å². The van der Waals surface area contributed by atoms with E-state index >= 15 is 0 Å². The van der Waals surface area contributed by atoms with Gasteiger partial charge in [-0.15, -0.1) is 0 Å². The Morgan fingerprint density at radius 1 is 1.07 bits per heavy atom. The van der Waals surface area contributed by atoms with Crippen molar-refractivity contribution in [3.63, 3.8) is 0 Å². The second-order valence-electron chi connectivity index (χ2n) is 9.49. The zero-order valence-corrected chi connectivity index (χ0v) is 19.8. The summed E-state index contributed by atoms with van der Waals surface area (Å²) < 4.78 is 18.9. The number of hydrogen-bond donors (Lipinski definition) is 0. The Bertz CT molecular complexity index is 775. The summed E-state index contributed by atoms with van der Waals surface area (Å²) in [5.41, 5.74) is 0. The predicted octanol–water partition coefficient (Wildman–Crippen LogP) is 4.06. The van der Waals surface area contributed by atoms with Gasteiger partial charge < -0.3 is 18.7 Å². The SMILES string of the molecule is CC1(C)OC[C@H](C[C@H](CC=O)O[Si](c2ccccc2)(c2ccccc2)C(C)(C)C)O1. The van der Waals surface area contributed by atoms with Gasteiger partial charge in [0.25, 0.3) is 8.32 Å². The summed E-state index contributed by atoms with van der Waals surface area (Å²) in [6.45, 7) is 11.1. The fourth-order valence-electron chi connectivity index (χ4n) is 4.41. The van der Waals surface area contributed by atoms with Gasteiger partial charge >= 0.3 is 0 Å². The van der Waals surface area contributed by atoms with Gasteiger partial charge in [-0.25, -0.2) is 0 Å². The van der Waals surface area contributed by atoms with Gasteiger partial charge in [-0.05, 0) is 29.3 Å². The minimum Gasteiger partial charge on any atom is -0.404 e. The molecule has 0 spiro atoms. The molecule has 1 aliphatic heterocycles. The lowest BCUT2D eigenvalue weighted by atomic mass is 10.1. The number of ether oxygens (including phenoxy) is 2. The highest BCUT2D eigenvalue weighted by atomic mass is 28.4. The average Bonchev–Trinajstić information content (AvgIpc) is 3.05. The molecule has 0 N–H and O–H groups in total. The van der Waals surface area contributed by atoms with Crippen LogP contribution in [0.2, 0.25) is 5.04 Å². The first kappa shape index (κ1) is 22.9. The maximum Gasteiger partial charge on any atom is 0.261 e. The van der Waals surface area contributed by atoms with Crippen LogP contribution in [0.3, 0.4) is 0 Å². The van der Waals surface area contributed by atoms with Crippen LogP contribution in [-0.2, 0) is 18.7 Å². The molecule has 0 bridgehead atoms. The average molecular weight is 427 g/mol. The summed E-state index contributed by atoms with van der Waals surface area (Å²) in [7, 11) is -2.71. The molecule has 0 amide bonds. The molecule has 0 aromatic heterocycles. The third-order valence-corrected chi connectivity index (χ3v) is 10.8. The lowest BCUT2D eigenvalue weighted by Crippen LogP contribution is -2.67. The van der Waals surface area contributed by atoms with Crippen LogP contribution in [0, 0.1) is 0 Å². The van der Waals surface area contributed by atoms with Crippen molar-refractivity contribution in [1.29, 1.82) is 0 Å². The second kappa shape index (κ2) is 9.14. The fraction of sp³-hybridized carbons (Fsp3) is 0.480. The summed E-state index contributed by atoms with van der Waals surface area (Å²) in [4.78, 5) is 11.6. The van der Waals surface area contributed by atoms with Crippen molar-refractivity contribution >= 4 is 25.0 Å². The first-order chi connectivity index (χ1) is 14.2. The van der Waals surface area contributed by atoms with Crippen LogP contribution >= 0.6 is 0 Å². The molecule has 0 unspecified atom stereocenters. The Morgan fingerprint density at radius 2 is 1.60 bits per heavy atom. The number of benzene rings is 2. The molecule has 162 valence electrons. The van der Waals surface area contributed by atoms with Crippen LogP contribution in [-0.4, -0.2) is 39.2 Å². The van der Waals surface area contributed by atoms with E-state index in [1.54, 1.807) is 0 Å². The molecular weight excluding hydrogens is 392 g/mol. The molecule has 3 rings (SSSR count). The van der Waals surface area contributed by atoms with E-state index in [2.05, 4.69) is 69.3 Å². The minimum atomic E-state index is -2.71. The zero-order valence-electron chi connectivity index (χ0n) is 18.8.